The Bertz CT molecular complexity index is 681. The van der Waals surface area contributed by atoms with Gasteiger partial charge in [0.15, 0.2) is 0 Å². The van der Waals surface area contributed by atoms with Crippen molar-refractivity contribution in [1.29, 1.82) is 0 Å². The third-order valence-electron chi connectivity index (χ3n) is 5.03. The molecule has 4 heteroatoms. The van der Waals surface area contributed by atoms with Gasteiger partial charge in [-0.05, 0) is 30.0 Å². The summed E-state index contributed by atoms with van der Waals surface area (Å²) in [7, 11) is 0. The standard InChI is InChI=1S/C20H22N2O2/c23-20(19-13-18(19)15-5-2-1-3-6-15)22-11-8-16(9-12-22)24-17-7-4-10-21-14-17/h1-7,10,14,16,18-19H,8-9,11-13H2/t18-,19+/m0/s1. The summed E-state index contributed by atoms with van der Waals surface area (Å²) in [5.74, 6) is 1.74. The number of pyridine rings is 1. The molecule has 1 saturated heterocycles. The molecule has 4 rings (SSSR count). The summed E-state index contributed by atoms with van der Waals surface area (Å²) in [4.78, 5) is 18.8. The smallest absolute Gasteiger partial charge is 0.226 e. The lowest BCUT2D eigenvalue weighted by Gasteiger charge is -2.32. The monoisotopic (exact) mass is 322 g/mol. The number of hydrogen-bond donors (Lipinski definition) is 0. The summed E-state index contributed by atoms with van der Waals surface area (Å²) in [6.07, 6.45) is 6.45. The van der Waals surface area contributed by atoms with Crippen LogP contribution in [0, 0.1) is 5.92 Å². The summed E-state index contributed by atoms with van der Waals surface area (Å²) in [5, 5.41) is 0. The van der Waals surface area contributed by atoms with E-state index in [9.17, 15) is 4.79 Å². The minimum Gasteiger partial charge on any atom is -0.489 e. The van der Waals surface area contributed by atoms with E-state index in [4.69, 9.17) is 4.74 Å². The molecule has 0 N–H and O–H groups in total. The molecule has 24 heavy (non-hydrogen) atoms. The summed E-state index contributed by atoms with van der Waals surface area (Å²) in [5.41, 5.74) is 1.30. The molecule has 1 saturated carbocycles. The molecule has 2 aromatic rings. The quantitative estimate of drug-likeness (QED) is 0.868. The number of carbonyl (C=O) groups is 1. The molecule has 4 nitrogen and oxygen atoms in total. The van der Waals surface area contributed by atoms with E-state index >= 15 is 0 Å². The van der Waals surface area contributed by atoms with Crippen molar-refractivity contribution in [3.63, 3.8) is 0 Å². The summed E-state index contributed by atoms with van der Waals surface area (Å²) in [6.45, 7) is 1.59. The number of piperidine rings is 1. The fourth-order valence-electron chi connectivity index (χ4n) is 3.57. The highest BCUT2D eigenvalue weighted by atomic mass is 16.5. The van der Waals surface area contributed by atoms with Gasteiger partial charge >= 0.3 is 0 Å². The normalized spacial score (nSPS) is 23.8. The highest BCUT2D eigenvalue weighted by molar-refractivity contribution is 5.83. The number of aromatic nitrogens is 1. The molecule has 1 aromatic heterocycles. The number of likely N-dealkylation sites (tertiary alicyclic amines) is 1. The van der Waals surface area contributed by atoms with Crippen molar-refractivity contribution in [3.05, 3.63) is 60.4 Å². The second kappa shape index (κ2) is 6.63. The first-order valence-corrected chi connectivity index (χ1v) is 8.71. The Morgan fingerprint density at radius 1 is 1.08 bits per heavy atom. The molecule has 2 heterocycles. The highest BCUT2D eigenvalue weighted by Crippen LogP contribution is 2.48. The predicted octanol–water partition coefficient (Wildman–Crippen LogP) is 3.26. The van der Waals surface area contributed by atoms with Crippen LogP contribution in [-0.2, 0) is 4.79 Å². The van der Waals surface area contributed by atoms with Gasteiger partial charge in [0.25, 0.3) is 0 Å². The van der Waals surface area contributed by atoms with E-state index in [-0.39, 0.29) is 12.0 Å². The summed E-state index contributed by atoms with van der Waals surface area (Å²) < 4.78 is 5.95. The third kappa shape index (κ3) is 3.28. The lowest BCUT2D eigenvalue weighted by molar-refractivity contribution is -0.134. The van der Waals surface area contributed by atoms with Crippen molar-refractivity contribution in [1.82, 2.24) is 9.88 Å². The fourth-order valence-corrected chi connectivity index (χ4v) is 3.57. The molecule has 0 unspecified atom stereocenters. The fraction of sp³-hybridized carbons (Fsp3) is 0.400. The predicted molar refractivity (Wildman–Crippen MR) is 91.8 cm³/mol. The lowest BCUT2D eigenvalue weighted by Crippen LogP contribution is -2.42. The van der Waals surface area contributed by atoms with Crippen LogP contribution in [0.5, 0.6) is 5.75 Å². The van der Waals surface area contributed by atoms with Gasteiger partial charge in [0.2, 0.25) is 5.91 Å². The average molecular weight is 322 g/mol. The highest BCUT2D eigenvalue weighted by Gasteiger charge is 2.46. The molecule has 1 aromatic carbocycles. The maximum absolute atomic E-state index is 12.7. The van der Waals surface area contributed by atoms with Crippen molar-refractivity contribution >= 4 is 5.91 Å². The number of rotatable bonds is 4. The van der Waals surface area contributed by atoms with Gasteiger partial charge in [-0.1, -0.05) is 30.3 Å². The van der Waals surface area contributed by atoms with Crippen molar-refractivity contribution in [2.24, 2.45) is 5.92 Å². The SMILES string of the molecule is O=C([C@@H]1C[C@H]1c1ccccc1)N1CCC(Oc2cccnc2)CC1. The van der Waals surface area contributed by atoms with Gasteiger partial charge in [0, 0.05) is 38.0 Å². The largest absolute Gasteiger partial charge is 0.489 e. The average Bonchev–Trinajstić information content (AvgIpc) is 3.44. The van der Waals surface area contributed by atoms with Gasteiger partial charge in [0.05, 0.1) is 6.20 Å². The minimum absolute atomic E-state index is 0.183. The second-order valence-electron chi connectivity index (χ2n) is 6.69. The number of nitrogens with zero attached hydrogens (tertiary/aromatic N) is 2. The number of amides is 1. The van der Waals surface area contributed by atoms with E-state index in [2.05, 4.69) is 29.2 Å². The van der Waals surface area contributed by atoms with Gasteiger partial charge in [-0.2, -0.15) is 0 Å². The molecule has 2 atom stereocenters. The Morgan fingerprint density at radius 2 is 1.88 bits per heavy atom. The molecule has 124 valence electrons. The Morgan fingerprint density at radius 3 is 2.58 bits per heavy atom. The molecule has 0 radical (unpaired) electrons. The molecule has 1 aliphatic heterocycles. The van der Waals surface area contributed by atoms with E-state index in [0.29, 0.717) is 11.8 Å². The molecular formula is C20H22N2O2. The van der Waals surface area contributed by atoms with E-state index in [1.165, 1.54) is 5.56 Å². The van der Waals surface area contributed by atoms with Crippen molar-refractivity contribution in [2.45, 2.75) is 31.3 Å². The Labute approximate surface area is 142 Å². The number of benzene rings is 1. The summed E-state index contributed by atoms with van der Waals surface area (Å²) >= 11 is 0. The van der Waals surface area contributed by atoms with Crippen LogP contribution in [0.3, 0.4) is 0 Å². The first-order chi connectivity index (χ1) is 11.8. The maximum Gasteiger partial charge on any atom is 0.226 e. The number of carbonyl (C=O) groups excluding carboxylic acids is 1. The van der Waals surface area contributed by atoms with Crippen LogP contribution in [0.1, 0.15) is 30.7 Å². The van der Waals surface area contributed by atoms with Crippen molar-refractivity contribution in [3.8, 4) is 5.75 Å². The zero-order chi connectivity index (χ0) is 16.4. The van der Waals surface area contributed by atoms with E-state index < -0.39 is 0 Å². The minimum atomic E-state index is 0.183. The molecule has 1 aliphatic carbocycles. The van der Waals surface area contributed by atoms with Gasteiger partial charge in [0.1, 0.15) is 11.9 Å². The molecule has 2 aliphatic rings. The van der Waals surface area contributed by atoms with E-state index in [1.54, 1.807) is 12.4 Å². The molecular weight excluding hydrogens is 300 g/mol. The Balaban J connectivity index is 1.28. The van der Waals surface area contributed by atoms with Crippen LogP contribution in [0.2, 0.25) is 0 Å². The lowest BCUT2D eigenvalue weighted by atomic mass is 10.1. The number of ether oxygens (including phenoxy) is 1. The van der Waals surface area contributed by atoms with Crippen LogP contribution in [0.25, 0.3) is 0 Å². The Hall–Kier alpha value is -2.36. The first-order valence-electron chi connectivity index (χ1n) is 8.71. The van der Waals surface area contributed by atoms with Crippen LogP contribution in [0.4, 0.5) is 0 Å². The van der Waals surface area contributed by atoms with Crippen molar-refractivity contribution in [2.75, 3.05) is 13.1 Å². The van der Waals surface area contributed by atoms with Gasteiger partial charge < -0.3 is 9.64 Å². The molecule has 2 fully saturated rings. The Kier molecular flexibility index (Phi) is 4.20. The van der Waals surface area contributed by atoms with E-state index in [0.717, 1.165) is 38.1 Å². The van der Waals surface area contributed by atoms with Gasteiger partial charge in [-0.25, -0.2) is 0 Å². The van der Waals surface area contributed by atoms with Crippen molar-refractivity contribution < 1.29 is 9.53 Å². The van der Waals surface area contributed by atoms with Crippen LogP contribution in [-0.4, -0.2) is 35.0 Å². The van der Waals surface area contributed by atoms with Gasteiger partial charge in [-0.15, -0.1) is 0 Å². The topological polar surface area (TPSA) is 42.4 Å². The van der Waals surface area contributed by atoms with Crippen LogP contribution < -0.4 is 4.74 Å². The zero-order valence-electron chi connectivity index (χ0n) is 13.7. The van der Waals surface area contributed by atoms with Crippen LogP contribution >= 0.6 is 0 Å². The molecule has 0 bridgehead atoms. The van der Waals surface area contributed by atoms with E-state index in [1.807, 2.05) is 23.1 Å². The molecule has 1 amide bonds. The van der Waals surface area contributed by atoms with Gasteiger partial charge in [-0.3, -0.25) is 9.78 Å². The first kappa shape index (κ1) is 15.2. The van der Waals surface area contributed by atoms with Crippen LogP contribution in [0.15, 0.2) is 54.9 Å². The summed E-state index contributed by atoms with van der Waals surface area (Å²) in [6, 6.07) is 14.2. The molecule has 0 spiro atoms. The zero-order valence-corrected chi connectivity index (χ0v) is 13.7. The maximum atomic E-state index is 12.7. The second-order valence-corrected chi connectivity index (χ2v) is 6.69. The third-order valence-corrected chi connectivity index (χ3v) is 5.03. The number of hydrogen-bond acceptors (Lipinski definition) is 3.